The van der Waals surface area contributed by atoms with Gasteiger partial charge in [0.1, 0.15) is 0 Å². The van der Waals surface area contributed by atoms with Gasteiger partial charge in [-0.2, -0.15) is 8.78 Å². The molecular formula is C10H6F7NO2. The van der Waals surface area contributed by atoms with E-state index in [1.165, 1.54) is 5.32 Å². The third kappa shape index (κ3) is 4.00. The minimum absolute atomic E-state index is 0.726. The van der Waals surface area contributed by atoms with Crippen LogP contribution in [0.2, 0.25) is 0 Å². The van der Waals surface area contributed by atoms with E-state index in [1.54, 1.807) is 0 Å². The molecule has 0 atom stereocenters. The molecule has 0 aliphatic rings. The van der Waals surface area contributed by atoms with E-state index in [4.69, 9.17) is 0 Å². The topological polar surface area (TPSA) is 38.3 Å². The van der Waals surface area contributed by atoms with Crippen LogP contribution in [0.3, 0.4) is 0 Å². The summed E-state index contributed by atoms with van der Waals surface area (Å²) in [6, 6.07) is 3.69. The Labute approximate surface area is 107 Å². The summed E-state index contributed by atoms with van der Waals surface area (Å²) in [5, 5.41) is 1.26. The summed E-state index contributed by atoms with van der Waals surface area (Å²) < 4.78 is 88.7. The molecule has 0 aromatic heterocycles. The van der Waals surface area contributed by atoms with Crippen LogP contribution in [0.5, 0.6) is 5.75 Å². The third-order valence-electron chi connectivity index (χ3n) is 1.94. The molecule has 1 N–H and O–H groups in total. The van der Waals surface area contributed by atoms with Crippen LogP contribution in [-0.2, 0) is 4.79 Å². The second-order valence-corrected chi connectivity index (χ2v) is 3.42. The Morgan fingerprint density at radius 3 is 2.15 bits per heavy atom. The van der Waals surface area contributed by atoms with Crippen LogP contribution in [0, 0.1) is 0 Å². The fraction of sp³-hybridized carbons (Fsp3) is 0.300. The number of carbonyl (C=O) groups is 1. The Morgan fingerprint density at radius 2 is 1.65 bits per heavy atom. The zero-order chi connectivity index (χ0) is 15.6. The van der Waals surface area contributed by atoms with Crippen LogP contribution in [-0.4, -0.2) is 24.6 Å². The molecule has 0 heterocycles. The number of benzene rings is 1. The van der Waals surface area contributed by atoms with Gasteiger partial charge in [0.25, 0.3) is 0 Å². The molecule has 0 aliphatic carbocycles. The largest absolute Gasteiger partial charge is 0.573 e. The van der Waals surface area contributed by atoms with Gasteiger partial charge in [-0.15, -0.1) is 13.2 Å². The summed E-state index contributed by atoms with van der Waals surface area (Å²) in [5.41, 5.74) is -0.810. The molecule has 1 amide bonds. The van der Waals surface area contributed by atoms with Crippen molar-refractivity contribution in [1.29, 1.82) is 0 Å². The molecule has 1 aromatic rings. The summed E-state index contributed by atoms with van der Waals surface area (Å²) >= 11 is 0. The van der Waals surface area contributed by atoms with Crippen molar-refractivity contribution in [2.75, 3.05) is 5.32 Å². The van der Waals surface area contributed by atoms with Crippen molar-refractivity contribution in [3.05, 3.63) is 24.3 Å². The number of amides is 1. The van der Waals surface area contributed by atoms with Crippen LogP contribution >= 0.6 is 0 Å². The molecule has 0 radical (unpaired) electrons. The van der Waals surface area contributed by atoms with E-state index in [-0.39, 0.29) is 0 Å². The van der Waals surface area contributed by atoms with Crippen molar-refractivity contribution < 1.29 is 40.3 Å². The minimum atomic E-state index is -5.13. The lowest BCUT2D eigenvalue weighted by atomic mass is 10.2. The normalized spacial score (nSPS) is 12.4. The molecular weight excluding hydrogens is 299 g/mol. The highest BCUT2D eigenvalue weighted by molar-refractivity contribution is 5.97. The van der Waals surface area contributed by atoms with Gasteiger partial charge in [0, 0.05) is 0 Å². The molecule has 0 saturated carbocycles. The van der Waals surface area contributed by atoms with Crippen molar-refractivity contribution in [2.24, 2.45) is 0 Å². The third-order valence-corrected chi connectivity index (χ3v) is 1.94. The Kier molecular flexibility index (Phi) is 4.46. The second kappa shape index (κ2) is 5.55. The minimum Gasteiger partial charge on any atom is -0.404 e. The average molecular weight is 305 g/mol. The maximum Gasteiger partial charge on any atom is 0.573 e. The molecule has 3 nitrogen and oxygen atoms in total. The highest BCUT2D eigenvalue weighted by atomic mass is 19.4. The first-order valence-corrected chi connectivity index (χ1v) is 4.86. The van der Waals surface area contributed by atoms with Crippen LogP contribution in [0.4, 0.5) is 36.4 Å². The Hall–Kier alpha value is -2.00. The number of anilines is 1. The molecule has 0 spiro atoms. The van der Waals surface area contributed by atoms with Gasteiger partial charge in [0.2, 0.25) is 0 Å². The Morgan fingerprint density at radius 1 is 1.10 bits per heavy atom. The number of hydrogen-bond donors (Lipinski definition) is 1. The SMILES string of the molecule is O=C(Nc1ccccc1OC(F)(F)F)C(F)(F)C(F)F. The molecule has 0 unspecified atom stereocenters. The number of para-hydroxylation sites is 2. The number of halogens is 7. The fourth-order valence-corrected chi connectivity index (χ4v) is 1.09. The number of rotatable bonds is 4. The summed E-state index contributed by atoms with van der Waals surface area (Å²) in [7, 11) is 0. The zero-order valence-corrected chi connectivity index (χ0v) is 9.35. The number of ether oxygens (including phenoxy) is 1. The standard InChI is InChI=1S/C10H6F7NO2/c11-7(12)9(13,14)8(19)18-5-3-1-2-4-6(5)20-10(15,16)17/h1-4,7H,(H,18,19). The molecule has 1 rings (SSSR count). The first-order valence-electron chi connectivity index (χ1n) is 4.86. The van der Waals surface area contributed by atoms with Gasteiger partial charge in [0.15, 0.2) is 5.75 Å². The summed E-state index contributed by atoms with van der Waals surface area (Å²) in [4.78, 5) is 10.9. The second-order valence-electron chi connectivity index (χ2n) is 3.42. The Bertz CT molecular complexity index is 487. The average Bonchev–Trinajstić information content (AvgIpc) is 2.29. The molecule has 0 fully saturated rings. The van der Waals surface area contributed by atoms with Crippen LogP contribution in [0.1, 0.15) is 0 Å². The van der Waals surface area contributed by atoms with Crippen LogP contribution in [0.15, 0.2) is 24.3 Å². The smallest absolute Gasteiger partial charge is 0.404 e. The molecule has 0 saturated heterocycles. The molecule has 0 aliphatic heterocycles. The van der Waals surface area contributed by atoms with Crippen LogP contribution in [0.25, 0.3) is 0 Å². The molecule has 1 aromatic carbocycles. The van der Waals surface area contributed by atoms with E-state index in [2.05, 4.69) is 4.74 Å². The van der Waals surface area contributed by atoms with E-state index in [0.29, 0.717) is 0 Å². The highest BCUT2D eigenvalue weighted by Gasteiger charge is 2.49. The van der Waals surface area contributed by atoms with Gasteiger partial charge < -0.3 is 10.1 Å². The quantitative estimate of drug-likeness (QED) is 0.866. The van der Waals surface area contributed by atoms with Crippen molar-refractivity contribution >= 4 is 11.6 Å². The number of nitrogens with one attached hydrogen (secondary N) is 1. The maximum atomic E-state index is 12.7. The Balaban J connectivity index is 2.96. The van der Waals surface area contributed by atoms with Crippen molar-refractivity contribution in [1.82, 2.24) is 0 Å². The fourth-order valence-electron chi connectivity index (χ4n) is 1.09. The highest BCUT2D eigenvalue weighted by Crippen LogP contribution is 2.32. The molecule has 0 bridgehead atoms. The number of alkyl halides is 7. The molecule has 112 valence electrons. The van der Waals surface area contributed by atoms with E-state index in [0.717, 1.165) is 24.3 Å². The zero-order valence-electron chi connectivity index (χ0n) is 9.35. The molecule has 20 heavy (non-hydrogen) atoms. The van der Waals surface area contributed by atoms with Crippen molar-refractivity contribution in [2.45, 2.75) is 18.7 Å². The van der Waals surface area contributed by atoms with Gasteiger partial charge in [-0.3, -0.25) is 4.79 Å². The van der Waals surface area contributed by atoms with Gasteiger partial charge >= 0.3 is 24.6 Å². The number of hydrogen-bond acceptors (Lipinski definition) is 2. The monoisotopic (exact) mass is 305 g/mol. The van der Waals surface area contributed by atoms with Gasteiger partial charge in [-0.25, -0.2) is 8.78 Å². The lowest BCUT2D eigenvalue weighted by molar-refractivity contribution is -0.274. The lowest BCUT2D eigenvalue weighted by Gasteiger charge is -2.17. The lowest BCUT2D eigenvalue weighted by Crippen LogP contribution is -2.41. The van der Waals surface area contributed by atoms with E-state index in [9.17, 15) is 35.5 Å². The summed E-state index contributed by atoms with van der Waals surface area (Å²) in [6.07, 6.45) is -9.43. The maximum absolute atomic E-state index is 12.7. The summed E-state index contributed by atoms with van der Waals surface area (Å²) in [5.74, 6) is -8.48. The van der Waals surface area contributed by atoms with Gasteiger partial charge in [-0.05, 0) is 12.1 Å². The number of carbonyl (C=O) groups excluding carboxylic acids is 1. The van der Waals surface area contributed by atoms with Gasteiger partial charge in [0.05, 0.1) is 5.69 Å². The first kappa shape index (κ1) is 16.1. The summed E-state index contributed by atoms with van der Waals surface area (Å²) in [6.45, 7) is 0. The first-order chi connectivity index (χ1) is 9.04. The van der Waals surface area contributed by atoms with Crippen LogP contribution < -0.4 is 10.1 Å². The van der Waals surface area contributed by atoms with Crippen molar-refractivity contribution in [3.8, 4) is 5.75 Å². The van der Waals surface area contributed by atoms with Crippen molar-refractivity contribution in [3.63, 3.8) is 0 Å². The predicted molar refractivity (Wildman–Crippen MR) is 52.7 cm³/mol. The van der Waals surface area contributed by atoms with Gasteiger partial charge in [-0.1, -0.05) is 12.1 Å². The molecule has 10 heteroatoms. The van der Waals surface area contributed by atoms with E-state index in [1.807, 2.05) is 0 Å². The van der Waals surface area contributed by atoms with E-state index < -0.39 is 36.1 Å². The van der Waals surface area contributed by atoms with E-state index >= 15 is 0 Å². The predicted octanol–water partition coefficient (Wildman–Crippen LogP) is 3.42.